The molecule has 88 valence electrons. The van der Waals surface area contributed by atoms with Crippen LogP contribution in [0.15, 0.2) is 47.7 Å². The van der Waals surface area contributed by atoms with E-state index in [9.17, 15) is 0 Å². The van der Waals surface area contributed by atoms with Crippen LogP contribution in [0.25, 0.3) is 0 Å². The van der Waals surface area contributed by atoms with Crippen LogP contribution in [-0.4, -0.2) is 10.8 Å². The SMILES string of the molecule is CC(C)c1ccc(N=Cc2ccn(C)c2)cc1. The van der Waals surface area contributed by atoms with E-state index in [-0.39, 0.29) is 0 Å². The van der Waals surface area contributed by atoms with Crippen molar-refractivity contribution in [3.05, 3.63) is 53.9 Å². The lowest BCUT2D eigenvalue weighted by atomic mass is 10.0. The Morgan fingerprint density at radius 2 is 1.82 bits per heavy atom. The van der Waals surface area contributed by atoms with Gasteiger partial charge >= 0.3 is 0 Å². The summed E-state index contributed by atoms with van der Waals surface area (Å²) in [5.74, 6) is 0.571. The van der Waals surface area contributed by atoms with Crippen molar-refractivity contribution in [1.29, 1.82) is 0 Å². The fourth-order valence-corrected chi connectivity index (χ4v) is 1.70. The first-order chi connectivity index (χ1) is 8.15. The van der Waals surface area contributed by atoms with E-state index in [2.05, 4.69) is 43.1 Å². The minimum absolute atomic E-state index is 0.571. The van der Waals surface area contributed by atoms with Gasteiger partial charge in [0.1, 0.15) is 0 Å². The number of hydrogen-bond donors (Lipinski definition) is 0. The molecular formula is C15H18N2. The van der Waals surface area contributed by atoms with E-state index in [1.165, 1.54) is 5.56 Å². The minimum Gasteiger partial charge on any atom is -0.357 e. The summed E-state index contributed by atoms with van der Waals surface area (Å²) in [6.45, 7) is 4.39. The number of benzene rings is 1. The lowest BCUT2D eigenvalue weighted by Crippen LogP contribution is -1.85. The third kappa shape index (κ3) is 3.06. The van der Waals surface area contributed by atoms with Gasteiger partial charge in [0.25, 0.3) is 0 Å². The number of aryl methyl sites for hydroxylation is 1. The van der Waals surface area contributed by atoms with Gasteiger partial charge in [-0.25, -0.2) is 0 Å². The van der Waals surface area contributed by atoms with Crippen LogP contribution in [0.4, 0.5) is 5.69 Å². The Balaban J connectivity index is 2.11. The molecule has 0 radical (unpaired) electrons. The van der Waals surface area contributed by atoms with E-state index in [4.69, 9.17) is 0 Å². The fourth-order valence-electron chi connectivity index (χ4n) is 1.70. The average Bonchev–Trinajstić information content (AvgIpc) is 2.73. The summed E-state index contributed by atoms with van der Waals surface area (Å²) < 4.78 is 2.02. The summed E-state index contributed by atoms with van der Waals surface area (Å²) in [5, 5.41) is 0. The molecule has 2 heteroatoms. The molecule has 2 aromatic rings. The lowest BCUT2D eigenvalue weighted by molar-refractivity contribution is 0.867. The Morgan fingerprint density at radius 1 is 1.12 bits per heavy atom. The van der Waals surface area contributed by atoms with Crippen LogP contribution in [0.1, 0.15) is 30.9 Å². The maximum absolute atomic E-state index is 4.45. The van der Waals surface area contributed by atoms with Gasteiger partial charge in [0.15, 0.2) is 0 Å². The van der Waals surface area contributed by atoms with Crippen LogP contribution in [0.2, 0.25) is 0 Å². The Kier molecular flexibility index (Phi) is 3.43. The van der Waals surface area contributed by atoms with Crippen LogP contribution in [0.5, 0.6) is 0 Å². The molecule has 17 heavy (non-hydrogen) atoms. The molecule has 0 spiro atoms. The molecule has 2 rings (SSSR count). The fraction of sp³-hybridized carbons (Fsp3) is 0.267. The summed E-state index contributed by atoms with van der Waals surface area (Å²) in [4.78, 5) is 4.45. The molecule has 0 aliphatic heterocycles. The highest BCUT2D eigenvalue weighted by Crippen LogP contribution is 2.18. The van der Waals surface area contributed by atoms with Crippen molar-refractivity contribution in [2.45, 2.75) is 19.8 Å². The van der Waals surface area contributed by atoms with Gasteiger partial charge in [0.2, 0.25) is 0 Å². The van der Waals surface area contributed by atoms with Gasteiger partial charge in [-0.3, -0.25) is 4.99 Å². The third-order valence-corrected chi connectivity index (χ3v) is 2.78. The molecule has 0 saturated carbocycles. The zero-order chi connectivity index (χ0) is 12.3. The second-order valence-electron chi connectivity index (χ2n) is 4.61. The predicted octanol–water partition coefficient (Wildman–Crippen LogP) is 3.90. The van der Waals surface area contributed by atoms with Crippen LogP contribution in [0, 0.1) is 0 Å². The third-order valence-electron chi connectivity index (χ3n) is 2.78. The second kappa shape index (κ2) is 5.00. The topological polar surface area (TPSA) is 17.3 Å². The van der Waals surface area contributed by atoms with E-state index < -0.39 is 0 Å². The monoisotopic (exact) mass is 226 g/mol. The van der Waals surface area contributed by atoms with Gasteiger partial charge in [-0.15, -0.1) is 0 Å². The zero-order valence-corrected chi connectivity index (χ0v) is 10.6. The molecule has 0 amide bonds. The molecule has 0 fully saturated rings. The number of hydrogen-bond acceptors (Lipinski definition) is 1. The Labute approximate surface area is 103 Å². The first-order valence-corrected chi connectivity index (χ1v) is 5.91. The normalized spacial score (nSPS) is 11.5. The molecule has 1 aromatic carbocycles. The highest BCUT2D eigenvalue weighted by Gasteiger charge is 1.97. The molecule has 0 aliphatic carbocycles. The predicted molar refractivity (Wildman–Crippen MR) is 73.2 cm³/mol. The quantitative estimate of drug-likeness (QED) is 0.706. The van der Waals surface area contributed by atoms with E-state index in [0.29, 0.717) is 5.92 Å². The Hall–Kier alpha value is -1.83. The van der Waals surface area contributed by atoms with Crippen molar-refractivity contribution >= 4 is 11.9 Å². The first-order valence-electron chi connectivity index (χ1n) is 5.91. The van der Waals surface area contributed by atoms with Gasteiger partial charge in [-0.2, -0.15) is 0 Å². The average molecular weight is 226 g/mol. The molecular weight excluding hydrogens is 208 g/mol. The minimum atomic E-state index is 0.571. The molecule has 2 nitrogen and oxygen atoms in total. The largest absolute Gasteiger partial charge is 0.357 e. The van der Waals surface area contributed by atoms with Gasteiger partial charge in [0, 0.05) is 31.2 Å². The van der Waals surface area contributed by atoms with E-state index >= 15 is 0 Å². The lowest BCUT2D eigenvalue weighted by Gasteiger charge is -2.04. The first kappa shape index (κ1) is 11.6. The van der Waals surface area contributed by atoms with Crippen LogP contribution < -0.4 is 0 Å². The smallest absolute Gasteiger partial charge is 0.0630 e. The number of aliphatic imine (C=N–C) groups is 1. The Morgan fingerprint density at radius 3 is 2.35 bits per heavy atom. The molecule has 1 aromatic heterocycles. The molecule has 0 unspecified atom stereocenters. The van der Waals surface area contributed by atoms with Crippen molar-refractivity contribution in [2.75, 3.05) is 0 Å². The highest BCUT2D eigenvalue weighted by atomic mass is 14.9. The van der Waals surface area contributed by atoms with Gasteiger partial charge in [0.05, 0.1) is 5.69 Å². The van der Waals surface area contributed by atoms with Gasteiger partial charge in [-0.05, 0) is 29.7 Å². The van der Waals surface area contributed by atoms with Crippen molar-refractivity contribution in [2.24, 2.45) is 12.0 Å². The Bertz CT molecular complexity index is 504. The summed E-state index contributed by atoms with van der Waals surface area (Å²) in [6.07, 6.45) is 5.96. The molecule has 1 heterocycles. The number of nitrogens with zero attached hydrogens (tertiary/aromatic N) is 2. The second-order valence-corrected chi connectivity index (χ2v) is 4.61. The van der Waals surface area contributed by atoms with Crippen LogP contribution >= 0.6 is 0 Å². The molecule has 0 aliphatic rings. The molecule has 0 saturated heterocycles. The molecule has 0 N–H and O–H groups in total. The summed E-state index contributed by atoms with van der Waals surface area (Å²) >= 11 is 0. The summed E-state index contributed by atoms with van der Waals surface area (Å²) in [7, 11) is 2.01. The van der Waals surface area contributed by atoms with Crippen molar-refractivity contribution in [3.63, 3.8) is 0 Å². The number of aromatic nitrogens is 1. The molecule has 0 bridgehead atoms. The van der Waals surface area contributed by atoms with E-state index in [1.807, 2.05) is 36.3 Å². The maximum atomic E-state index is 4.45. The van der Waals surface area contributed by atoms with E-state index in [0.717, 1.165) is 11.3 Å². The summed E-state index contributed by atoms with van der Waals surface area (Å²) in [5.41, 5.74) is 3.47. The molecule has 0 atom stereocenters. The van der Waals surface area contributed by atoms with Crippen molar-refractivity contribution in [3.8, 4) is 0 Å². The van der Waals surface area contributed by atoms with E-state index in [1.54, 1.807) is 0 Å². The number of rotatable bonds is 3. The standard InChI is InChI=1S/C15H18N2/c1-12(2)14-4-6-15(7-5-14)16-10-13-8-9-17(3)11-13/h4-12H,1-3H3. The van der Waals surface area contributed by atoms with Crippen molar-refractivity contribution in [1.82, 2.24) is 4.57 Å². The highest BCUT2D eigenvalue weighted by molar-refractivity contribution is 5.81. The van der Waals surface area contributed by atoms with Gasteiger partial charge in [-0.1, -0.05) is 26.0 Å². The van der Waals surface area contributed by atoms with Crippen LogP contribution in [-0.2, 0) is 7.05 Å². The maximum Gasteiger partial charge on any atom is 0.0630 e. The van der Waals surface area contributed by atoms with Crippen LogP contribution in [0.3, 0.4) is 0 Å². The zero-order valence-electron chi connectivity index (χ0n) is 10.6. The van der Waals surface area contributed by atoms with Gasteiger partial charge < -0.3 is 4.57 Å². The summed E-state index contributed by atoms with van der Waals surface area (Å²) in [6, 6.07) is 10.5. The van der Waals surface area contributed by atoms with Crippen molar-refractivity contribution < 1.29 is 0 Å².